The molecule has 0 radical (unpaired) electrons. The SMILES string of the molecule is CCCOCCCNS(=O)(=O)c1cc(N)c(Br)cc1C. The van der Waals surface area contributed by atoms with Crippen LogP contribution < -0.4 is 10.5 Å². The van der Waals surface area contributed by atoms with Crippen LogP contribution in [0.3, 0.4) is 0 Å². The summed E-state index contributed by atoms with van der Waals surface area (Å²) in [6.07, 6.45) is 1.60. The van der Waals surface area contributed by atoms with Gasteiger partial charge in [-0.15, -0.1) is 0 Å². The first kappa shape index (κ1) is 17.4. The third-order valence-corrected chi connectivity index (χ3v) is 4.98. The molecule has 5 nitrogen and oxygen atoms in total. The van der Waals surface area contributed by atoms with E-state index in [2.05, 4.69) is 20.7 Å². The van der Waals surface area contributed by atoms with E-state index in [0.29, 0.717) is 41.9 Å². The highest BCUT2D eigenvalue weighted by atomic mass is 79.9. The van der Waals surface area contributed by atoms with Gasteiger partial charge >= 0.3 is 0 Å². The van der Waals surface area contributed by atoms with Gasteiger partial charge in [0.15, 0.2) is 0 Å². The minimum atomic E-state index is -3.53. The predicted molar refractivity (Wildman–Crippen MR) is 84.2 cm³/mol. The highest BCUT2D eigenvalue weighted by Crippen LogP contribution is 2.26. The number of benzene rings is 1. The topological polar surface area (TPSA) is 81.4 Å². The second kappa shape index (κ2) is 7.97. The first-order chi connectivity index (χ1) is 9.38. The van der Waals surface area contributed by atoms with Gasteiger partial charge in [0.2, 0.25) is 10.0 Å². The van der Waals surface area contributed by atoms with Crippen LogP contribution in [0.2, 0.25) is 0 Å². The van der Waals surface area contributed by atoms with Crippen LogP contribution in [0.1, 0.15) is 25.3 Å². The third-order valence-electron chi connectivity index (χ3n) is 2.69. The zero-order valence-corrected chi connectivity index (χ0v) is 14.2. The molecule has 20 heavy (non-hydrogen) atoms. The number of aryl methyl sites for hydroxylation is 1. The Labute approximate surface area is 129 Å². The van der Waals surface area contributed by atoms with Crippen molar-refractivity contribution in [3.05, 3.63) is 22.2 Å². The molecule has 0 atom stereocenters. The van der Waals surface area contributed by atoms with Crippen molar-refractivity contribution in [2.45, 2.75) is 31.6 Å². The lowest BCUT2D eigenvalue weighted by atomic mass is 10.2. The number of nitrogens with one attached hydrogen (secondary N) is 1. The Kier molecular flexibility index (Phi) is 6.94. The van der Waals surface area contributed by atoms with Gasteiger partial charge in [-0.2, -0.15) is 0 Å². The molecule has 1 aromatic carbocycles. The lowest BCUT2D eigenvalue weighted by molar-refractivity contribution is 0.133. The summed E-state index contributed by atoms with van der Waals surface area (Å²) in [6, 6.07) is 3.17. The molecule has 114 valence electrons. The van der Waals surface area contributed by atoms with E-state index < -0.39 is 10.0 Å². The number of anilines is 1. The maximum absolute atomic E-state index is 12.2. The molecule has 0 aliphatic heterocycles. The zero-order valence-electron chi connectivity index (χ0n) is 11.8. The number of sulfonamides is 1. The monoisotopic (exact) mass is 364 g/mol. The lowest BCUT2D eigenvalue weighted by Crippen LogP contribution is -2.26. The van der Waals surface area contributed by atoms with E-state index in [4.69, 9.17) is 10.5 Å². The van der Waals surface area contributed by atoms with Crippen molar-refractivity contribution >= 4 is 31.6 Å². The van der Waals surface area contributed by atoms with Crippen molar-refractivity contribution in [2.24, 2.45) is 0 Å². The second-order valence-electron chi connectivity index (χ2n) is 4.50. The van der Waals surface area contributed by atoms with Gasteiger partial charge in [0.1, 0.15) is 0 Å². The van der Waals surface area contributed by atoms with Crippen LogP contribution in [0.15, 0.2) is 21.5 Å². The number of hydrogen-bond acceptors (Lipinski definition) is 4. The average molecular weight is 365 g/mol. The van der Waals surface area contributed by atoms with Crippen LogP contribution in [0.4, 0.5) is 5.69 Å². The smallest absolute Gasteiger partial charge is 0.240 e. The van der Waals surface area contributed by atoms with E-state index in [1.807, 2.05) is 6.92 Å². The molecule has 0 unspecified atom stereocenters. The first-order valence-electron chi connectivity index (χ1n) is 6.51. The van der Waals surface area contributed by atoms with Crippen LogP contribution in [0.5, 0.6) is 0 Å². The van der Waals surface area contributed by atoms with Crippen molar-refractivity contribution in [3.63, 3.8) is 0 Å². The number of nitrogen functional groups attached to an aromatic ring is 1. The molecule has 0 aliphatic carbocycles. The Morgan fingerprint density at radius 3 is 2.70 bits per heavy atom. The summed E-state index contributed by atoms with van der Waals surface area (Å²) in [5.41, 5.74) is 6.80. The standard InChI is InChI=1S/C13H21BrN2O3S/c1-3-6-19-7-4-5-16-20(17,18)13-9-12(15)11(14)8-10(13)2/h8-9,16H,3-7,15H2,1-2H3. The molecule has 7 heteroatoms. The Morgan fingerprint density at radius 1 is 1.35 bits per heavy atom. The second-order valence-corrected chi connectivity index (χ2v) is 7.09. The molecule has 1 rings (SSSR count). The van der Waals surface area contributed by atoms with E-state index in [1.54, 1.807) is 13.0 Å². The number of halogens is 1. The fourth-order valence-electron chi connectivity index (χ4n) is 1.66. The maximum Gasteiger partial charge on any atom is 0.240 e. The van der Waals surface area contributed by atoms with Gasteiger partial charge in [-0.1, -0.05) is 6.92 Å². The van der Waals surface area contributed by atoms with Gasteiger partial charge < -0.3 is 10.5 Å². The van der Waals surface area contributed by atoms with E-state index in [-0.39, 0.29) is 4.90 Å². The summed E-state index contributed by atoms with van der Waals surface area (Å²) in [6.45, 7) is 5.38. The fourth-order valence-corrected chi connectivity index (χ4v) is 3.45. The van der Waals surface area contributed by atoms with Crippen LogP contribution >= 0.6 is 15.9 Å². The van der Waals surface area contributed by atoms with Gasteiger partial charge in [-0.05, 0) is 53.4 Å². The minimum absolute atomic E-state index is 0.215. The van der Waals surface area contributed by atoms with Crippen molar-refractivity contribution < 1.29 is 13.2 Å². The molecule has 0 amide bonds. The van der Waals surface area contributed by atoms with Crippen LogP contribution in [-0.4, -0.2) is 28.2 Å². The summed E-state index contributed by atoms with van der Waals surface area (Å²) < 4.78 is 32.9. The summed E-state index contributed by atoms with van der Waals surface area (Å²) in [7, 11) is -3.53. The predicted octanol–water partition coefficient (Wildman–Crippen LogP) is 2.43. The molecule has 0 aliphatic rings. The Balaban J connectivity index is 2.63. The largest absolute Gasteiger partial charge is 0.398 e. The number of ether oxygens (including phenoxy) is 1. The maximum atomic E-state index is 12.2. The number of hydrogen-bond donors (Lipinski definition) is 2. The van der Waals surface area contributed by atoms with Gasteiger partial charge in [-0.25, -0.2) is 13.1 Å². The molecule has 0 spiro atoms. The van der Waals surface area contributed by atoms with Gasteiger partial charge in [0.05, 0.1) is 4.90 Å². The third kappa shape index (κ3) is 5.05. The molecule has 0 heterocycles. The van der Waals surface area contributed by atoms with Crippen LogP contribution in [0.25, 0.3) is 0 Å². The number of rotatable bonds is 8. The zero-order chi connectivity index (χ0) is 15.2. The van der Waals surface area contributed by atoms with E-state index in [1.165, 1.54) is 6.07 Å². The Hall–Kier alpha value is -0.630. The number of nitrogens with two attached hydrogens (primary N) is 1. The molecule has 0 bridgehead atoms. The summed E-state index contributed by atoms with van der Waals surface area (Å²) in [4.78, 5) is 0.215. The van der Waals surface area contributed by atoms with Gasteiger partial charge in [-0.3, -0.25) is 0 Å². The summed E-state index contributed by atoms with van der Waals surface area (Å²) in [5.74, 6) is 0. The lowest BCUT2D eigenvalue weighted by Gasteiger charge is -2.11. The van der Waals surface area contributed by atoms with E-state index in [0.717, 1.165) is 6.42 Å². The van der Waals surface area contributed by atoms with Gasteiger partial charge in [0.25, 0.3) is 0 Å². The first-order valence-corrected chi connectivity index (χ1v) is 8.79. The molecule has 0 aromatic heterocycles. The molecular weight excluding hydrogens is 344 g/mol. The van der Waals surface area contributed by atoms with E-state index >= 15 is 0 Å². The van der Waals surface area contributed by atoms with Crippen LogP contribution in [-0.2, 0) is 14.8 Å². The van der Waals surface area contributed by atoms with Crippen molar-refractivity contribution in [3.8, 4) is 0 Å². The normalized spacial score (nSPS) is 11.8. The van der Waals surface area contributed by atoms with Gasteiger partial charge in [0, 0.05) is 29.9 Å². The molecule has 0 saturated heterocycles. The molecule has 1 aromatic rings. The van der Waals surface area contributed by atoms with Crippen molar-refractivity contribution in [2.75, 3.05) is 25.5 Å². The highest BCUT2D eigenvalue weighted by Gasteiger charge is 2.17. The summed E-state index contributed by atoms with van der Waals surface area (Å²) in [5, 5.41) is 0. The highest BCUT2D eigenvalue weighted by molar-refractivity contribution is 9.10. The Morgan fingerprint density at radius 2 is 2.05 bits per heavy atom. The van der Waals surface area contributed by atoms with E-state index in [9.17, 15) is 8.42 Å². The van der Waals surface area contributed by atoms with Crippen molar-refractivity contribution in [1.82, 2.24) is 4.72 Å². The summed E-state index contributed by atoms with van der Waals surface area (Å²) >= 11 is 3.28. The van der Waals surface area contributed by atoms with Crippen LogP contribution in [0, 0.1) is 6.92 Å². The van der Waals surface area contributed by atoms with Crippen molar-refractivity contribution in [1.29, 1.82) is 0 Å². The fraction of sp³-hybridized carbons (Fsp3) is 0.538. The quantitative estimate of drug-likeness (QED) is 0.548. The molecule has 0 fully saturated rings. The average Bonchev–Trinajstić information content (AvgIpc) is 2.37. The molecule has 3 N–H and O–H groups in total. The molecule has 0 saturated carbocycles. The minimum Gasteiger partial charge on any atom is -0.398 e. The molecular formula is C13H21BrN2O3S. The Bertz CT molecular complexity index is 547.